The number of hydrogen-bond acceptors (Lipinski definition) is 4. The highest BCUT2D eigenvalue weighted by molar-refractivity contribution is 5.80. The minimum atomic E-state index is -0.524. The largest absolute Gasteiger partial charge is 0.481 e. The van der Waals surface area contributed by atoms with Crippen molar-refractivity contribution in [2.24, 2.45) is 0 Å². The first-order valence-electron chi connectivity index (χ1n) is 10.7. The summed E-state index contributed by atoms with van der Waals surface area (Å²) in [4.78, 5) is 14.8. The third kappa shape index (κ3) is 5.10. The van der Waals surface area contributed by atoms with Crippen LogP contribution in [0, 0.1) is 0 Å². The highest BCUT2D eigenvalue weighted by atomic mass is 16.5. The molecule has 0 radical (unpaired) electrons. The number of hydrogen-bond donors (Lipinski definition) is 1. The average molecular weight is 395 g/mol. The molecule has 4 rings (SSSR count). The lowest BCUT2D eigenvalue weighted by Crippen LogP contribution is -2.36. The van der Waals surface area contributed by atoms with Crippen LogP contribution in [-0.4, -0.2) is 38.3 Å². The Kier molecular flexibility index (Phi) is 6.35. The van der Waals surface area contributed by atoms with Gasteiger partial charge >= 0.3 is 0 Å². The molecule has 154 valence electrons. The molecule has 0 bridgehead atoms. The van der Waals surface area contributed by atoms with Gasteiger partial charge in [0.05, 0.1) is 13.2 Å². The second-order valence-electron chi connectivity index (χ2n) is 7.88. The van der Waals surface area contributed by atoms with Crippen LogP contribution in [0.5, 0.6) is 5.75 Å². The predicted octanol–water partition coefficient (Wildman–Crippen LogP) is 3.49. The van der Waals surface area contributed by atoms with Crippen LogP contribution in [0.3, 0.4) is 0 Å². The Morgan fingerprint density at radius 3 is 2.55 bits per heavy atom. The van der Waals surface area contributed by atoms with Gasteiger partial charge in [0.2, 0.25) is 0 Å². The molecule has 1 unspecified atom stereocenters. The quantitative estimate of drug-likeness (QED) is 0.815. The van der Waals surface area contributed by atoms with Crippen molar-refractivity contribution >= 4 is 11.6 Å². The maximum atomic E-state index is 12.5. The first-order valence-corrected chi connectivity index (χ1v) is 10.7. The summed E-state index contributed by atoms with van der Waals surface area (Å²) in [5, 5.41) is 2.98. The van der Waals surface area contributed by atoms with Crippen LogP contribution in [-0.2, 0) is 28.9 Å². The molecule has 29 heavy (non-hydrogen) atoms. The molecule has 0 aromatic heterocycles. The van der Waals surface area contributed by atoms with Crippen molar-refractivity contribution in [3.8, 4) is 5.75 Å². The molecule has 1 heterocycles. The lowest BCUT2D eigenvalue weighted by atomic mass is 9.92. The number of ether oxygens (including phenoxy) is 2. The number of benzene rings is 2. The third-order valence-corrected chi connectivity index (χ3v) is 5.78. The number of nitrogens with zero attached hydrogens (tertiary/aromatic N) is 1. The van der Waals surface area contributed by atoms with Gasteiger partial charge in [-0.3, -0.25) is 4.79 Å². The molecule has 2 aromatic carbocycles. The molecule has 1 atom stereocenters. The highest BCUT2D eigenvalue weighted by Crippen LogP contribution is 2.26. The zero-order valence-electron chi connectivity index (χ0n) is 17.2. The lowest BCUT2D eigenvalue weighted by Gasteiger charge is -2.28. The molecule has 5 heteroatoms. The van der Waals surface area contributed by atoms with Gasteiger partial charge in [-0.25, -0.2) is 0 Å². The second kappa shape index (κ2) is 9.31. The summed E-state index contributed by atoms with van der Waals surface area (Å²) in [7, 11) is 0. The van der Waals surface area contributed by atoms with Gasteiger partial charge in [-0.1, -0.05) is 18.2 Å². The SMILES string of the molecule is CC(Oc1ccc2c(c1)CCCC2)C(=O)NCc1ccc(N2CCOCC2)cc1. The van der Waals surface area contributed by atoms with Crippen LogP contribution in [0.25, 0.3) is 0 Å². The molecule has 1 N–H and O–H groups in total. The van der Waals surface area contributed by atoms with Crippen molar-refractivity contribution in [2.75, 3.05) is 31.2 Å². The molecular weight excluding hydrogens is 364 g/mol. The molecule has 2 aromatic rings. The number of aryl methyl sites for hydroxylation is 2. The summed E-state index contributed by atoms with van der Waals surface area (Å²) in [5.74, 6) is 0.683. The number of nitrogens with one attached hydrogen (secondary N) is 1. The average Bonchev–Trinajstić information content (AvgIpc) is 2.78. The van der Waals surface area contributed by atoms with E-state index in [1.165, 1.54) is 29.7 Å². The van der Waals surface area contributed by atoms with Gasteiger partial charge in [-0.15, -0.1) is 0 Å². The van der Waals surface area contributed by atoms with E-state index in [-0.39, 0.29) is 5.91 Å². The topological polar surface area (TPSA) is 50.8 Å². The van der Waals surface area contributed by atoms with Crippen molar-refractivity contribution in [2.45, 2.75) is 45.3 Å². The van der Waals surface area contributed by atoms with E-state index in [1.54, 1.807) is 6.92 Å². The Balaban J connectivity index is 1.27. The molecule has 1 saturated heterocycles. The van der Waals surface area contributed by atoms with Crippen molar-refractivity contribution in [3.05, 3.63) is 59.2 Å². The predicted molar refractivity (Wildman–Crippen MR) is 114 cm³/mol. The van der Waals surface area contributed by atoms with E-state index in [0.29, 0.717) is 6.54 Å². The lowest BCUT2D eigenvalue weighted by molar-refractivity contribution is -0.127. The number of amides is 1. The van der Waals surface area contributed by atoms with Gasteiger partial charge in [-0.05, 0) is 73.6 Å². The van der Waals surface area contributed by atoms with Crippen LogP contribution in [0.2, 0.25) is 0 Å². The van der Waals surface area contributed by atoms with Gasteiger partial charge in [-0.2, -0.15) is 0 Å². The fraction of sp³-hybridized carbons (Fsp3) is 0.458. The molecule has 0 saturated carbocycles. The van der Waals surface area contributed by atoms with Crippen LogP contribution in [0.15, 0.2) is 42.5 Å². The first kappa shape index (κ1) is 19.8. The number of carbonyl (C=O) groups excluding carboxylic acids is 1. The molecule has 5 nitrogen and oxygen atoms in total. The van der Waals surface area contributed by atoms with Gasteiger partial charge in [0, 0.05) is 25.3 Å². The van der Waals surface area contributed by atoms with Gasteiger partial charge in [0.25, 0.3) is 5.91 Å². The van der Waals surface area contributed by atoms with E-state index >= 15 is 0 Å². The van der Waals surface area contributed by atoms with Crippen LogP contribution in [0.1, 0.15) is 36.5 Å². The molecule has 1 aliphatic heterocycles. The maximum Gasteiger partial charge on any atom is 0.261 e. The minimum absolute atomic E-state index is 0.0972. The van der Waals surface area contributed by atoms with Crippen molar-refractivity contribution < 1.29 is 14.3 Å². The van der Waals surface area contributed by atoms with Gasteiger partial charge in [0.1, 0.15) is 5.75 Å². The Labute approximate surface area is 173 Å². The van der Waals surface area contributed by atoms with Crippen LogP contribution in [0.4, 0.5) is 5.69 Å². The first-order chi connectivity index (χ1) is 14.2. The summed E-state index contributed by atoms with van der Waals surface area (Å²) in [5.41, 5.74) is 5.06. The van der Waals surface area contributed by atoms with E-state index in [1.807, 2.05) is 6.07 Å². The molecule has 2 aliphatic rings. The van der Waals surface area contributed by atoms with Crippen LogP contribution < -0.4 is 15.0 Å². The van der Waals surface area contributed by atoms with E-state index in [9.17, 15) is 4.79 Å². The maximum absolute atomic E-state index is 12.5. The molecule has 1 aliphatic carbocycles. The summed E-state index contributed by atoms with van der Waals surface area (Å²) >= 11 is 0. The zero-order valence-corrected chi connectivity index (χ0v) is 17.2. The minimum Gasteiger partial charge on any atom is -0.481 e. The summed E-state index contributed by atoms with van der Waals surface area (Å²) in [6, 6.07) is 14.6. The van der Waals surface area contributed by atoms with Crippen molar-refractivity contribution in [1.29, 1.82) is 0 Å². The Morgan fingerprint density at radius 1 is 1.07 bits per heavy atom. The summed E-state index contributed by atoms with van der Waals surface area (Å²) < 4.78 is 11.3. The molecular formula is C24H30N2O3. The van der Waals surface area contributed by atoms with E-state index < -0.39 is 6.10 Å². The van der Waals surface area contributed by atoms with E-state index in [4.69, 9.17) is 9.47 Å². The number of anilines is 1. The fourth-order valence-corrected chi connectivity index (χ4v) is 4.02. The number of carbonyl (C=O) groups is 1. The summed E-state index contributed by atoms with van der Waals surface area (Å²) in [6.07, 6.45) is 4.23. The Morgan fingerprint density at radius 2 is 1.79 bits per heavy atom. The number of rotatable bonds is 6. The van der Waals surface area contributed by atoms with E-state index in [0.717, 1.165) is 50.5 Å². The molecule has 1 fully saturated rings. The third-order valence-electron chi connectivity index (χ3n) is 5.78. The Hall–Kier alpha value is -2.53. The van der Waals surface area contributed by atoms with Crippen LogP contribution >= 0.6 is 0 Å². The molecule has 1 amide bonds. The Bertz CT molecular complexity index is 829. The van der Waals surface area contributed by atoms with E-state index in [2.05, 4.69) is 46.6 Å². The van der Waals surface area contributed by atoms with Gasteiger partial charge in [0.15, 0.2) is 6.10 Å². The second-order valence-corrected chi connectivity index (χ2v) is 7.88. The summed E-state index contributed by atoms with van der Waals surface area (Å²) in [6.45, 7) is 5.71. The fourth-order valence-electron chi connectivity index (χ4n) is 4.02. The number of fused-ring (bicyclic) bond motifs is 1. The monoisotopic (exact) mass is 394 g/mol. The van der Waals surface area contributed by atoms with Crippen molar-refractivity contribution in [3.63, 3.8) is 0 Å². The number of morpholine rings is 1. The zero-order chi connectivity index (χ0) is 20.1. The smallest absolute Gasteiger partial charge is 0.261 e. The molecule has 0 spiro atoms. The standard InChI is InChI=1S/C24H30N2O3/c1-18(29-23-11-8-20-4-2-3-5-21(20)16-23)24(27)25-17-19-6-9-22(10-7-19)26-12-14-28-15-13-26/h6-11,16,18H,2-5,12-15,17H2,1H3,(H,25,27). The normalized spacial score (nSPS) is 17.3. The van der Waals surface area contributed by atoms with Gasteiger partial charge < -0.3 is 19.7 Å². The van der Waals surface area contributed by atoms with Crippen molar-refractivity contribution in [1.82, 2.24) is 5.32 Å². The highest BCUT2D eigenvalue weighted by Gasteiger charge is 2.16.